The van der Waals surface area contributed by atoms with Gasteiger partial charge >= 0.3 is 0 Å². The van der Waals surface area contributed by atoms with Crippen molar-refractivity contribution in [2.75, 3.05) is 20.3 Å². The number of nitrogens with zero attached hydrogens (tertiary/aromatic N) is 2. The van der Waals surface area contributed by atoms with Crippen molar-refractivity contribution in [2.45, 2.75) is 19.6 Å². The van der Waals surface area contributed by atoms with E-state index >= 15 is 0 Å². The molecule has 0 fully saturated rings. The van der Waals surface area contributed by atoms with E-state index in [1.807, 2.05) is 61.5 Å². The van der Waals surface area contributed by atoms with Gasteiger partial charge in [0.1, 0.15) is 23.4 Å². The highest BCUT2D eigenvalue weighted by Gasteiger charge is 2.27. The first kappa shape index (κ1) is 19.0. The smallest absolute Gasteiger partial charge is 0.269 e. The lowest BCUT2D eigenvalue weighted by Gasteiger charge is -2.26. The van der Waals surface area contributed by atoms with Crippen molar-refractivity contribution in [1.82, 2.24) is 20.4 Å². The van der Waals surface area contributed by atoms with Crippen LogP contribution in [0.2, 0.25) is 0 Å². The molecule has 150 valence electrons. The second kappa shape index (κ2) is 8.36. The lowest BCUT2D eigenvalue weighted by molar-refractivity contribution is 0.0900. The van der Waals surface area contributed by atoms with Gasteiger partial charge in [0.2, 0.25) is 0 Å². The molecule has 0 saturated heterocycles. The van der Waals surface area contributed by atoms with E-state index in [0.717, 1.165) is 28.3 Å². The van der Waals surface area contributed by atoms with Gasteiger partial charge in [-0.3, -0.25) is 10.1 Å². The zero-order valence-corrected chi connectivity index (χ0v) is 16.5. The van der Waals surface area contributed by atoms with Crippen LogP contribution in [0.1, 0.15) is 29.1 Å². The fourth-order valence-corrected chi connectivity index (χ4v) is 3.38. The van der Waals surface area contributed by atoms with Gasteiger partial charge < -0.3 is 14.8 Å². The van der Waals surface area contributed by atoms with Crippen molar-refractivity contribution >= 4 is 5.91 Å². The van der Waals surface area contributed by atoms with Crippen LogP contribution in [0.15, 0.2) is 54.6 Å². The maximum Gasteiger partial charge on any atom is 0.269 e. The second-order valence-corrected chi connectivity index (χ2v) is 6.78. The third kappa shape index (κ3) is 4.09. The van der Waals surface area contributed by atoms with Crippen molar-refractivity contribution in [3.8, 4) is 22.8 Å². The van der Waals surface area contributed by atoms with Crippen LogP contribution in [0, 0.1) is 0 Å². The number of amides is 1. The van der Waals surface area contributed by atoms with Crippen LogP contribution in [0.3, 0.4) is 0 Å². The van der Waals surface area contributed by atoms with Gasteiger partial charge in [0.05, 0.1) is 26.0 Å². The zero-order valence-electron chi connectivity index (χ0n) is 16.5. The Bertz CT molecular complexity index is 998. The van der Waals surface area contributed by atoms with Gasteiger partial charge in [0.15, 0.2) is 0 Å². The molecule has 2 heterocycles. The van der Waals surface area contributed by atoms with Crippen molar-refractivity contribution in [1.29, 1.82) is 0 Å². The molecule has 29 heavy (non-hydrogen) atoms. The van der Waals surface area contributed by atoms with Gasteiger partial charge in [-0.25, -0.2) is 4.68 Å². The molecule has 1 unspecified atom stereocenters. The maximum absolute atomic E-state index is 12.3. The first-order valence-electron chi connectivity index (χ1n) is 9.65. The number of carbonyl (C=O) groups excluding carboxylic acids is 1. The van der Waals surface area contributed by atoms with E-state index in [0.29, 0.717) is 25.4 Å². The molecule has 0 aliphatic carbocycles. The standard InChI is InChI=1S/C22H24N4O3/c1-3-29-18-6-4-5-15(11-18)13-23-21-14-24-22(27)20-12-19(25-26(20)21)16-7-9-17(28-2)10-8-16/h4-12,21,23H,3,13-14H2,1-2H3,(H,24,27). The summed E-state index contributed by atoms with van der Waals surface area (Å²) in [6, 6.07) is 17.4. The highest BCUT2D eigenvalue weighted by Crippen LogP contribution is 2.25. The predicted molar refractivity (Wildman–Crippen MR) is 110 cm³/mol. The number of ether oxygens (including phenoxy) is 2. The van der Waals surface area contributed by atoms with Crippen molar-refractivity contribution in [3.05, 3.63) is 65.9 Å². The molecule has 7 nitrogen and oxygen atoms in total. The summed E-state index contributed by atoms with van der Waals surface area (Å²) >= 11 is 0. The van der Waals surface area contributed by atoms with E-state index in [9.17, 15) is 4.79 Å². The third-order valence-electron chi connectivity index (χ3n) is 4.86. The zero-order chi connectivity index (χ0) is 20.2. The van der Waals surface area contributed by atoms with Crippen molar-refractivity contribution in [3.63, 3.8) is 0 Å². The molecular weight excluding hydrogens is 368 g/mol. The van der Waals surface area contributed by atoms with E-state index in [1.165, 1.54) is 0 Å². The fourth-order valence-electron chi connectivity index (χ4n) is 3.38. The molecule has 1 amide bonds. The average Bonchev–Trinajstić information content (AvgIpc) is 3.20. The highest BCUT2D eigenvalue weighted by molar-refractivity contribution is 5.94. The Morgan fingerprint density at radius 3 is 2.76 bits per heavy atom. The Morgan fingerprint density at radius 2 is 2.00 bits per heavy atom. The first-order valence-corrected chi connectivity index (χ1v) is 9.65. The van der Waals surface area contributed by atoms with Crippen LogP contribution < -0.4 is 20.1 Å². The van der Waals surface area contributed by atoms with E-state index in [4.69, 9.17) is 14.6 Å². The van der Waals surface area contributed by atoms with Crippen LogP contribution in [0.5, 0.6) is 11.5 Å². The summed E-state index contributed by atoms with van der Waals surface area (Å²) in [5.74, 6) is 1.52. The molecule has 2 aromatic carbocycles. The number of methoxy groups -OCH3 is 1. The molecule has 4 rings (SSSR count). The summed E-state index contributed by atoms with van der Waals surface area (Å²) in [6.45, 7) is 3.71. The Hall–Kier alpha value is -3.32. The van der Waals surface area contributed by atoms with Gasteiger partial charge in [-0.2, -0.15) is 5.10 Å². The molecule has 1 aromatic heterocycles. The van der Waals surface area contributed by atoms with Gasteiger partial charge in [-0.05, 0) is 55.0 Å². The topological polar surface area (TPSA) is 77.4 Å². The Balaban J connectivity index is 1.53. The van der Waals surface area contributed by atoms with Crippen LogP contribution >= 0.6 is 0 Å². The molecule has 0 radical (unpaired) electrons. The quantitative estimate of drug-likeness (QED) is 0.646. The minimum absolute atomic E-state index is 0.117. The summed E-state index contributed by atoms with van der Waals surface area (Å²) in [6.07, 6.45) is -0.134. The predicted octanol–water partition coefficient (Wildman–Crippen LogP) is 2.99. The highest BCUT2D eigenvalue weighted by atomic mass is 16.5. The largest absolute Gasteiger partial charge is 0.497 e. The lowest BCUT2D eigenvalue weighted by atomic mass is 10.1. The molecule has 1 aliphatic heterocycles. The molecule has 2 N–H and O–H groups in total. The molecule has 0 bridgehead atoms. The molecular formula is C22H24N4O3. The number of fused-ring (bicyclic) bond motifs is 1. The van der Waals surface area contributed by atoms with Gasteiger partial charge in [0.25, 0.3) is 5.91 Å². The maximum atomic E-state index is 12.3. The molecule has 7 heteroatoms. The number of carbonyl (C=O) groups is 1. The number of hydrogen-bond donors (Lipinski definition) is 2. The second-order valence-electron chi connectivity index (χ2n) is 6.78. The normalized spacial score (nSPS) is 15.5. The van der Waals surface area contributed by atoms with Crippen molar-refractivity contribution in [2.24, 2.45) is 0 Å². The molecule has 0 spiro atoms. The van der Waals surface area contributed by atoms with Crippen LogP contribution in [0.25, 0.3) is 11.3 Å². The van der Waals surface area contributed by atoms with Gasteiger partial charge in [0, 0.05) is 12.1 Å². The van der Waals surface area contributed by atoms with Crippen molar-refractivity contribution < 1.29 is 14.3 Å². The summed E-state index contributed by atoms with van der Waals surface area (Å²) < 4.78 is 12.5. The molecule has 1 atom stereocenters. The minimum atomic E-state index is -0.134. The number of aromatic nitrogens is 2. The fraction of sp³-hybridized carbons (Fsp3) is 0.273. The first-order chi connectivity index (χ1) is 14.2. The van der Waals surface area contributed by atoms with E-state index in [1.54, 1.807) is 11.8 Å². The Labute approximate surface area is 169 Å². The van der Waals surface area contributed by atoms with E-state index in [2.05, 4.69) is 10.6 Å². The minimum Gasteiger partial charge on any atom is -0.497 e. The van der Waals surface area contributed by atoms with Crippen LogP contribution in [-0.4, -0.2) is 35.9 Å². The van der Waals surface area contributed by atoms with Crippen LogP contribution in [0.4, 0.5) is 0 Å². The SMILES string of the molecule is CCOc1cccc(CNC2CNC(=O)c3cc(-c4ccc(OC)cc4)nn32)c1. The summed E-state index contributed by atoms with van der Waals surface area (Å²) in [5, 5.41) is 11.1. The van der Waals surface area contributed by atoms with Gasteiger partial charge in [-0.1, -0.05) is 12.1 Å². The summed E-state index contributed by atoms with van der Waals surface area (Å²) in [7, 11) is 1.63. The third-order valence-corrected chi connectivity index (χ3v) is 4.86. The van der Waals surface area contributed by atoms with E-state index in [-0.39, 0.29) is 12.1 Å². The summed E-state index contributed by atoms with van der Waals surface area (Å²) in [5.41, 5.74) is 3.34. The Kier molecular flexibility index (Phi) is 5.48. The molecule has 3 aromatic rings. The number of nitrogens with one attached hydrogen (secondary N) is 2. The average molecular weight is 392 g/mol. The summed E-state index contributed by atoms with van der Waals surface area (Å²) in [4.78, 5) is 12.3. The van der Waals surface area contributed by atoms with E-state index < -0.39 is 0 Å². The van der Waals surface area contributed by atoms with Gasteiger partial charge in [-0.15, -0.1) is 0 Å². The Morgan fingerprint density at radius 1 is 1.17 bits per heavy atom. The molecule has 1 aliphatic rings. The van der Waals surface area contributed by atoms with Crippen LogP contribution in [-0.2, 0) is 6.54 Å². The lowest BCUT2D eigenvalue weighted by Crippen LogP contribution is -2.45. The monoisotopic (exact) mass is 392 g/mol. The number of hydrogen-bond acceptors (Lipinski definition) is 5. The number of rotatable bonds is 7. The molecule has 0 saturated carbocycles. The number of benzene rings is 2.